The molecule has 0 aliphatic rings. The van der Waals surface area contributed by atoms with Crippen molar-refractivity contribution in [1.82, 2.24) is 14.5 Å². The molecule has 1 aromatic carbocycles. The van der Waals surface area contributed by atoms with Crippen molar-refractivity contribution in [2.45, 2.75) is 13.5 Å². The first-order chi connectivity index (χ1) is 9.00. The molecule has 0 saturated carbocycles. The molecular weight excluding hydrogens is 266 g/mol. The Hall–Kier alpha value is -2.15. The van der Waals surface area contributed by atoms with E-state index in [1.54, 1.807) is 7.05 Å². The summed E-state index contributed by atoms with van der Waals surface area (Å²) in [5, 5.41) is 23.2. The maximum atomic E-state index is 12.2. The molecule has 2 rings (SSSR count). The van der Waals surface area contributed by atoms with Crippen LogP contribution in [0.2, 0.25) is 0 Å². The Morgan fingerprint density at radius 1 is 1.37 bits per heavy atom. The quantitative estimate of drug-likeness (QED) is 0.889. The maximum absolute atomic E-state index is 12.2. The third-order valence-electron chi connectivity index (χ3n) is 2.71. The molecule has 1 aromatic heterocycles. The minimum absolute atomic E-state index is 0.0971. The molecule has 0 radical (unpaired) electrons. The number of phenols is 2. The predicted molar refractivity (Wildman–Crippen MR) is 70.2 cm³/mol. The molecule has 0 unspecified atom stereocenters. The molecule has 6 nitrogen and oxygen atoms in total. The van der Waals surface area contributed by atoms with E-state index in [1.807, 2.05) is 6.92 Å². The third-order valence-corrected chi connectivity index (χ3v) is 3.52. The van der Waals surface area contributed by atoms with Gasteiger partial charge in [0, 0.05) is 7.05 Å². The summed E-state index contributed by atoms with van der Waals surface area (Å²) in [6.45, 7) is 2.14. The highest BCUT2D eigenvalue weighted by molar-refractivity contribution is 7.05. The molecule has 1 heterocycles. The van der Waals surface area contributed by atoms with Crippen LogP contribution < -0.4 is 0 Å². The van der Waals surface area contributed by atoms with E-state index < -0.39 is 5.91 Å². The Kier molecular flexibility index (Phi) is 3.66. The fourth-order valence-corrected chi connectivity index (χ4v) is 2.31. The highest BCUT2D eigenvalue weighted by Crippen LogP contribution is 2.28. The number of aromatic hydroxyl groups is 2. The van der Waals surface area contributed by atoms with Crippen LogP contribution in [0.25, 0.3) is 0 Å². The first-order valence-corrected chi connectivity index (χ1v) is 6.32. The van der Waals surface area contributed by atoms with Gasteiger partial charge in [0.2, 0.25) is 0 Å². The van der Waals surface area contributed by atoms with Crippen molar-refractivity contribution < 1.29 is 15.0 Å². The van der Waals surface area contributed by atoms with E-state index in [2.05, 4.69) is 9.59 Å². The molecule has 2 aromatic rings. The summed E-state index contributed by atoms with van der Waals surface area (Å²) in [4.78, 5) is 14.5. The van der Waals surface area contributed by atoms with Crippen molar-refractivity contribution in [3.8, 4) is 11.5 Å². The molecule has 0 aliphatic carbocycles. The van der Waals surface area contributed by atoms with E-state index in [4.69, 9.17) is 0 Å². The molecule has 2 N–H and O–H groups in total. The average molecular weight is 279 g/mol. The van der Waals surface area contributed by atoms with Gasteiger partial charge in [0.25, 0.3) is 5.91 Å². The van der Waals surface area contributed by atoms with Gasteiger partial charge in [-0.2, -0.15) is 0 Å². The molecule has 1 amide bonds. The van der Waals surface area contributed by atoms with Crippen LogP contribution in [0.4, 0.5) is 0 Å². The van der Waals surface area contributed by atoms with Gasteiger partial charge < -0.3 is 15.1 Å². The van der Waals surface area contributed by atoms with Crippen molar-refractivity contribution in [2.24, 2.45) is 0 Å². The molecule has 7 heteroatoms. The van der Waals surface area contributed by atoms with Crippen molar-refractivity contribution >= 4 is 17.4 Å². The summed E-state index contributed by atoms with van der Waals surface area (Å²) in [6, 6.07) is 4.19. The molecule has 19 heavy (non-hydrogen) atoms. The molecule has 0 fully saturated rings. The second-order valence-corrected chi connectivity index (χ2v) is 4.95. The maximum Gasteiger partial charge on any atom is 0.261 e. The molecule has 0 aliphatic heterocycles. The number of phenolic OH excluding ortho intramolecular Hbond substituents is 2. The van der Waals surface area contributed by atoms with Crippen LogP contribution in [0, 0.1) is 6.92 Å². The van der Waals surface area contributed by atoms with E-state index in [-0.39, 0.29) is 17.1 Å². The smallest absolute Gasteiger partial charge is 0.261 e. The van der Waals surface area contributed by atoms with Crippen LogP contribution in [-0.2, 0) is 6.54 Å². The third kappa shape index (κ3) is 2.65. The lowest BCUT2D eigenvalue weighted by molar-refractivity contribution is 0.0780. The normalized spacial score (nSPS) is 10.4. The molecular formula is C12H13N3O3S. The van der Waals surface area contributed by atoms with Gasteiger partial charge in [0.1, 0.15) is 17.1 Å². The zero-order chi connectivity index (χ0) is 14.0. The van der Waals surface area contributed by atoms with Crippen molar-refractivity contribution in [1.29, 1.82) is 0 Å². The Morgan fingerprint density at radius 2 is 2.00 bits per heavy atom. The number of carbonyl (C=O) groups is 1. The molecule has 100 valence electrons. The topological polar surface area (TPSA) is 86.6 Å². The first kappa shape index (κ1) is 13.3. The predicted octanol–water partition coefficient (Wildman–Crippen LogP) is 1.53. The van der Waals surface area contributed by atoms with Gasteiger partial charge in [0.15, 0.2) is 0 Å². The largest absolute Gasteiger partial charge is 0.507 e. The number of aryl methyl sites for hydroxylation is 1. The van der Waals surface area contributed by atoms with E-state index in [9.17, 15) is 15.0 Å². The van der Waals surface area contributed by atoms with Gasteiger partial charge in [-0.1, -0.05) is 10.6 Å². The molecule has 0 saturated heterocycles. The zero-order valence-corrected chi connectivity index (χ0v) is 11.3. The van der Waals surface area contributed by atoms with Gasteiger partial charge >= 0.3 is 0 Å². The Labute approximate surface area is 114 Å². The number of hydrogen-bond acceptors (Lipinski definition) is 6. The number of benzene rings is 1. The lowest BCUT2D eigenvalue weighted by atomic mass is 10.1. The lowest BCUT2D eigenvalue weighted by Crippen LogP contribution is -2.26. The van der Waals surface area contributed by atoms with Crippen LogP contribution in [0.5, 0.6) is 11.5 Å². The number of carbonyl (C=O) groups excluding carboxylic acids is 1. The lowest BCUT2D eigenvalue weighted by Gasteiger charge is -2.17. The molecule has 0 spiro atoms. The van der Waals surface area contributed by atoms with E-state index >= 15 is 0 Å². The summed E-state index contributed by atoms with van der Waals surface area (Å²) in [6.07, 6.45) is 0. The summed E-state index contributed by atoms with van der Waals surface area (Å²) in [5.41, 5.74) is 0.672. The fraction of sp³-hybridized carbons (Fsp3) is 0.250. The second kappa shape index (κ2) is 5.23. The van der Waals surface area contributed by atoms with Gasteiger partial charge in [-0.15, -0.1) is 5.10 Å². The van der Waals surface area contributed by atoms with E-state index in [1.165, 1.54) is 34.6 Å². The van der Waals surface area contributed by atoms with Crippen molar-refractivity contribution in [2.75, 3.05) is 7.05 Å². The Balaban J connectivity index is 2.22. The van der Waals surface area contributed by atoms with Gasteiger partial charge in [-0.3, -0.25) is 4.79 Å². The Bertz CT molecular complexity index is 592. The fourth-order valence-electron chi connectivity index (χ4n) is 1.62. The summed E-state index contributed by atoms with van der Waals surface area (Å²) < 4.78 is 3.80. The number of hydrogen-bond donors (Lipinski definition) is 2. The highest BCUT2D eigenvalue weighted by atomic mass is 32.1. The van der Waals surface area contributed by atoms with Gasteiger partial charge in [0.05, 0.1) is 17.1 Å². The van der Waals surface area contributed by atoms with Crippen LogP contribution in [-0.4, -0.2) is 37.7 Å². The van der Waals surface area contributed by atoms with E-state index in [0.29, 0.717) is 6.54 Å². The van der Waals surface area contributed by atoms with Gasteiger partial charge in [-0.25, -0.2) is 0 Å². The monoisotopic (exact) mass is 279 g/mol. The molecule has 0 atom stereocenters. The standard InChI is InChI=1S/C12H13N3O3S/c1-7-10(19-14-13-7)6-15(2)12(18)11-8(16)4-3-5-9(11)17/h3-5,16-17H,6H2,1-2H3. The second-order valence-electron chi connectivity index (χ2n) is 4.11. The molecule has 0 bridgehead atoms. The minimum Gasteiger partial charge on any atom is -0.507 e. The van der Waals surface area contributed by atoms with Crippen LogP contribution >= 0.6 is 11.5 Å². The van der Waals surface area contributed by atoms with Crippen molar-refractivity contribution in [3.63, 3.8) is 0 Å². The van der Waals surface area contributed by atoms with Crippen LogP contribution in [0.15, 0.2) is 18.2 Å². The summed E-state index contributed by atoms with van der Waals surface area (Å²) in [7, 11) is 1.59. The summed E-state index contributed by atoms with van der Waals surface area (Å²) in [5.74, 6) is -0.935. The first-order valence-electron chi connectivity index (χ1n) is 5.55. The Morgan fingerprint density at radius 3 is 2.53 bits per heavy atom. The average Bonchev–Trinajstić information content (AvgIpc) is 2.74. The van der Waals surface area contributed by atoms with Gasteiger partial charge in [-0.05, 0) is 30.6 Å². The highest BCUT2D eigenvalue weighted by Gasteiger charge is 2.21. The number of amides is 1. The SMILES string of the molecule is Cc1nnsc1CN(C)C(=O)c1c(O)cccc1O. The number of nitrogens with zero attached hydrogens (tertiary/aromatic N) is 3. The van der Waals surface area contributed by atoms with Crippen LogP contribution in [0.3, 0.4) is 0 Å². The number of aromatic nitrogens is 2. The zero-order valence-electron chi connectivity index (χ0n) is 10.5. The van der Waals surface area contributed by atoms with Crippen molar-refractivity contribution in [3.05, 3.63) is 34.3 Å². The number of rotatable bonds is 3. The van der Waals surface area contributed by atoms with E-state index in [0.717, 1.165) is 10.6 Å². The minimum atomic E-state index is -0.455. The summed E-state index contributed by atoms with van der Waals surface area (Å²) >= 11 is 1.22. The van der Waals surface area contributed by atoms with Crippen LogP contribution in [0.1, 0.15) is 20.9 Å².